The third-order valence-electron chi connectivity index (χ3n) is 2.46. The highest BCUT2D eigenvalue weighted by Gasteiger charge is 2.29. The van der Waals surface area contributed by atoms with Crippen LogP contribution in [-0.2, 0) is 9.59 Å². The lowest BCUT2D eigenvalue weighted by molar-refractivity contribution is -0.130. The summed E-state index contributed by atoms with van der Waals surface area (Å²) in [5.74, 6) is 0.0549. The summed E-state index contributed by atoms with van der Waals surface area (Å²) in [5, 5.41) is 0.600. The molecule has 96 valence electrons. The van der Waals surface area contributed by atoms with Gasteiger partial charge in [0.05, 0.1) is 0 Å². The van der Waals surface area contributed by atoms with Crippen molar-refractivity contribution in [2.24, 2.45) is 5.92 Å². The van der Waals surface area contributed by atoms with Crippen LogP contribution in [0.5, 0.6) is 5.75 Å². The van der Waals surface area contributed by atoms with Crippen molar-refractivity contribution in [1.29, 1.82) is 0 Å². The first-order valence-electron chi connectivity index (χ1n) is 5.62. The van der Waals surface area contributed by atoms with Gasteiger partial charge in [-0.15, -0.1) is 0 Å². The highest BCUT2D eigenvalue weighted by Crippen LogP contribution is 2.28. The van der Waals surface area contributed by atoms with Crippen molar-refractivity contribution in [3.8, 4) is 5.75 Å². The van der Waals surface area contributed by atoms with Crippen molar-refractivity contribution >= 4 is 23.4 Å². The molecule has 5 nitrogen and oxygen atoms in total. The molecule has 0 bridgehead atoms. The molecule has 1 aromatic rings. The second-order valence-electron chi connectivity index (χ2n) is 4.05. The number of rotatable bonds is 4. The van der Waals surface area contributed by atoms with E-state index in [1.807, 2.05) is 0 Å². The molecular weight excluding hydrogens is 256 g/mol. The predicted molar refractivity (Wildman–Crippen MR) is 66.0 cm³/mol. The molecule has 2 amide bonds. The largest absolute Gasteiger partial charge is 0.484 e. The number of ether oxygens (including phenoxy) is 1. The Morgan fingerprint density at radius 2 is 1.89 bits per heavy atom. The minimum Gasteiger partial charge on any atom is -0.484 e. The molecule has 0 aliphatic heterocycles. The van der Waals surface area contributed by atoms with E-state index in [1.54, 1.807) is 24.3 Å². The smallest absolute Gasteiger partial charge is 0.276 e. The minimum atomic E-state index is -0.404. The minimum absolute atomic E-state index is 0.0579. The first kappa shape index (κ1) is 12.7. The van der Waals surface area contributed by atoms with Crippen molar-refractivity contribution in [1.82, 2.24) is 10.9 Å². The monoisotopic (exact) mass is 268 g/mol. The van der Waals surface area contributed by atoms with E-state index in [2.05, 4.69) is 10.9 Å². The maximum atomic E-state index is 11.4. The van der Waals surface area contributed by atoms with Crippen LogP contribution in [0.2, 0.25) is 5.02 Å². The van der Waals surface area contributed by atoms with Crippen LogP contribution in [0.1, 0.15) is 12.8 Å². The van der Waals surface area contributed by atoms with Crippen molar-refractivity contribution in [3.05, 3.63) is 29.3 Å². The molecule has 1 saturated carbocycles. The van der Waals surface area contributed by atoms with Crippen molar-refractivity contribution < 1.29 is 14.3 Å². The molecule has 0 heterocycles. The Morgan fingerprint density at radius 1 is 1.22 bits per heavy atom. The van der Waals surface area contributed by atoms with Gasteiger partial charge in [0.15, 0.2) is 6.61 Å². The summed E-state index contributed by atoms with van der Waals surface area (Å²) in [6.45, 7) is -0.160. The van der Waals surface area contributed by atoms with Gasteiger partial charge in [0.1, 0.15) is 5.75 Å². The maximum absolute atomic E-state index is 11.4. The molecule has 2 rings (SSSR count). The first-order chi connectivity index (χ1) is 8.65. The molecule has 1 aliphatic carbocycles. The lowest BCUT2D eigenvalue weighted by atomic mass is 10.3. The van der Waals surface area contributed by atoms with E-state index in [9.17, 15) is 9.59 Å². The number of nitrogens with one attached hydrogen (secondary N) is 2. The Hall–Kier alpha value is -1.75. The van der Waals surface area contributed by atoms with Crippen LogP contribution in [0.25, 0.3) is 0 Å². The molecule has 6 heteroatoms. The lowest BCUT2D eigenvalue weighted by Crippen LogP contribution is -2.44. The number of hydrogen-bond acceptors (Lipinski definition) is 3. The predicted octanol–water partition coefficient (Wildman–Crippen LogP) is 1.28. The number of benzene rings is 1. The van der Waals surface area contributed by atoms with E-state index >= 15 is 0 Å². The number of hydrazine groups is 1. The normalized spacial score (nSPS) is 13.8. The van der Waals surface area contributed by atoms with Crippen LogP contribution in [0.3, 0.4) is 0 Å². The lowest BCUT2D eigenvalue weighted by Gasteiger charge is -2.08. The highest BCUT2D eigenvalue weighted by atomic mass is 35.5. The molecule has 18 heavy (non-hydrogen) atoms. The van der Waals surface area contributed by atoms with Gasteiger partial charge in [0.25, 0.3) is 5.91 Å². The Kier molecular flexibility index (Phi) is 4.04. The molecule has 0 spiro atoms. The SMILES string of the molecule is O=C(COc1ccc(Cl)cc1)NNC(=O)C1CC1. The van der Waals surface area contributed by atoms with Gasteiger partial charge >= 0.3 is 0 Å². The molecule has 1 fully saturated rings. The zero-order valence-corrected chi connectivity index (χ0v) is 10.4. The van der Waals surface area contributed by atoms with Gasteiger partial charge in [-0.1, -0.05) is 11.6 Å². The van der Waals surface area contributed by atoms with E-state index in [-0.39, 0.29) is 18.4 Å². The number of hydrogen-bond donors (Lipinski definition) is 2. The first-order valence-corrected chi connectivity index (χ1v) is 6.00. The summed E-state index contributed by atoms with van der Waals surface area (Å²) >= 11 is 5.71. The second-order valence-corrected chi connectivity index (χ2v) is 4.49. The topological polar surface area (TPSA) is 67.4 Å². The fraction of sp³-hybridized carbons (Fsp3) is 0.333. The van der Waals surface area contributed by atoms with Crippen LogP contribution < -0.4 is 15.6 Å². The van der Waals surface area contributed by atoms with Gasteiger partial charge in [-0.3, -0.25) is 20.4 Å². The third kappa shape index (κ3) is 3.92. The molecule has 1 aliphatic rings. The van der Waals surface area contributed by atoms with Gasteiger partial charge in [-0.2, -0.15) is 0 Å². The standard InChI is InChI=1S/C12H13ClN2O3/c13-9-3-5-10(6-4-9)18-7-11(16)14-15-12(17)8-1-2-8/h3-6,8H,1-2,7H2,(H,14,16)(H,15,17). The molecular formula is C12H13ClN2O3. The summed E-state index contributed by atoms with van der Waals surface area (Å²) < 4.78 is 5.21. The Morgan fingerprint density at radius 3 is 2.50 bits per heavy atom. The molecule has 0 unspecified atom stereocenters. The molecule has 0 radical (unpaired) electrons. The van der Waals surface area contributed by atoms with Gasteiger partial charge in [-0.05, 0) is 37.1 Å². The fourth-order valence-corrected chi connectivity index (χ4v) is 1.42. The van der Waals surface area contributed by atoms with E-state index in [0.717, 1.165) is 12.8 Å². The number of halogens is 1. The van der Waals surface area contributed by atoms with E-state index in [4.69, 9.17) is 16.3 Å². The summed E-state index contributed by atoms with van der Waals surface area (Å²) in [6, 6.07) is 6.67. The average Bonchev–Trinajstić information content (AvgIpc) is 3.19. The van der Waals surface area contributed by atoms with Crippen LogP contribution >= 0.6 is 11.6 Å². The Balaban J connectivity index is 1.67. The number of amides is 2. The van der Waals surface area contributed by atoms with E-state index in [0.29, 0.717) is 10.8 Å². The fourth-order valence-electron chi connectivity index (χ4n) is 1.29. The van der Waals surface area contributed by atoms with Gasteiger partial charge in [0.2, 0.25) is 5.91 Å². The van der Waals surface area contributed by atoms with Crippen LogP contribution in [0.4, 0.5) is 0 Å². The zero-order chi connectivity index (χ0) is 13.0. The van der Waals surface area contributed by atoms with Crippen molar-refractivity contribution in [2.75, 3.05) is 6.61 Å². The number of carbonyl (C=O) groups is 2. The van der Waals surface area contributed by atoms with Crippen molar-refractivity contribution in [3.63, 3.8) is 0 Å². The Bertz CT molecular complexity index is 443. The molecule has 0 aromatic heterocycles. The summed E-state index contributed by atoms with van der Waals surface area (Å²) in [7, 11) is 0. The number of carbonyl (C=O) groups excluding carboxylic acids is 2. The average molecular weight is 269 g/mol. The van der Waals surface area contributed by atoms with Gasteiger partial charge < -0.3 is 4.74 Å². The summed E-state index contributed by atoms with van der Waals surface area (Å²) in [4.78, 5) is 22.6. The quantitative estimate of drug-likeness (QED) is 0.809. The van der Waals surface area contributed by atoms with Crippen LogP contribution in [0, 0.1) is 5.92 Å². The molecule has 2 N–H and O–H groups in total. The molecule has 0 atom stereocenters. The maximum Gasteiger partial charge on any atom is 0.276 e. The second kappa shape index (κ2) is 5.73. The van der Waals surface area contributed by atoms with E-state index in [1.165, 1.54) is 0 Å². The van der Waals surface area contributed by atoms with Gasteiger partial charge in [-0.25, -0.2) is 0 Å². The summed E-state index contributed by atoms with van der Waals surface area (Å²) in [6.07, 6.45) is 1.78. The third-order valence-corrected chi connectivity index (χ3v) is 2.71. The van der Waals surface area contributed by atoms with Crippen LogP contribution in [0.15, 0.2) is 24.3 Å². The Labute approximate surface area is 109 Å². The van der Waals surface area contributed by atoms with E-state index < -0.39 is 5.91 Å². The highest BCUT2D eigenvalue weighted by molar-refractivity contribution is 6.30. The van der Waals surface area contributed by atoms with Crippen molar-refractivity contribution in [2.45, 2.75) is 12.8 Å². The summed E-state index contributed by atoms with van der Waals surface area (Å²) in [5.41, 5.74) is 4.65. The zero-order valence-electron chi connectivity index (χ0n) is 9.61. The van der Waals surface area contributed by atoms with Gasteiger partial charge in [0, 0.05) is 10.9 Å². The molecule has 1 aromatic carbocycles. The molecule has 0 saturated heterocycles. The van der Waals surface area contributed by atoms with Crippen LogP contribution in [-0.4, -0.2) is 18.4 Å².